The second-order valence-corrected chi connectivity index (χ2v) is 1.83. The lowest BCUT2D eigenvalue weighted by atomic mass is 10.2. The van der Waals surface area contributed by atoms with Gasteiger partial charge in [0, 0.05) is 0 Å². The zero-order chi connectivity index (χ0) is 8.27. The molecule has 0 aliphatic rings. The third kappa shape index (κ3) is 1.21. The van der Waals surface area contributed by atoms with E-state index < -0.39 is 0 Å². The van der Waals surface area contributed by atoms with Crippen LogP contribution < -0.4 is 0 Å². The van der Waals surface area contributed by atoms with Crippen molar-refractivity contribution in [2.45, 2.75) is 0 Å². The molecule has 0 spiro atoms. The van der Waals surface area contributed by atoms with Gasteiger partial charge in [0.15, 0.2) is 5.69 Å². The predicted molar refractivity (Wildman–Crippen MR) is 39.0 cm³/mol. The quantitative estimate of drug-likeness (QED) is 0.659. The van der Waals surface area contributed by atoms with Crippen LogP contribution in [0.2, 0.25) is 0 Å². The van der Waals surface area contributed by atoms with Crippen LogP contribution in [0, 0.1) is 9.81 Å². The first kappa shape index (κ1) is 7.33. The van der Waals surface area contributed by atoms with Gasteiger partial charge in [-0.1, -0.05) is 6.07 Å². The van der Waals surface area contributed by atoms with Gasteiger partial charge in [-0.15, -0.1) is 9.81 Å². The SMILES string of the molecule is O=Nc1cccc(O)c1N=O. The molecule has 5 nitrogen and oxygen atoms in total. The molecule has 0 aromatic heterocycles. The molecule has 0 amide bonds. The lowest BCUT2D eigenvalue weighted by Gasteiger charge is -1.94. The lowest BCUT2D eigenvalue weighted by molar-refractivity contribution is 0.477. The summed E-state index contributed by atoms with van der Waals surface area (Å²) in [6.45, 7) is 0. The van der Waals surface area contributed by atoms with E-state index in [-0.39, 0.29) is 17.1 Å². The third-order valence-corrected chi connectivity index (χ3v) is 1.18. The second kappa shape index (κ2) is 2.87. The molecule has 0 fully saturated rings. The van der Waals surface area contributed by atoms with Crippen LogP contribution in [0.1, 0.15) is 0 Å². The van der Waals surface area contributed by atoms with Gasteiger partial charge in [0.05, 0.1) is 0 Å². The van der Waals surface area contributed by atoms with Crippen molar-refractivity contribution >= 4 is 11.4 Å². The summed E-state index contributed by atoms with van der Waals surface area (Å²) in [4.78, 5) is 20.0. The molecule has 0 unspecified atom stereocenters. The van der Waals surface area contributed by atoms with Crippen LogP contribution in [0.5, 0.6) is 5.75 Å². The summed E-state index contributed by atoms with van der Waals surface area (Å²) in [5, 5.41) is 13.9. The summed E-state index contributed by atoms with van der Waals surface area (Å²) in [6.07, 6.45) is 0. The maximum atomic E-state index is 10.00. The molecule has 0 heterocycles. The van der Waals surface area contributed by atoms with Crippen molar-refractivity contribution in [3.05, 3.63) is 28.0 Å². The number of hydrogen-bond acceptors (Lipinski definition) is 5. The molecule has 5 heteroatoms. The van der Waals surface area contributed by atoms with Crippen molar-refractivity contribution in [1.82, 2.24) is 0 Å². The first-order valence-corrected chi connectivity index (χ1v) is 2.78. The molecule has 0 radical (unpaired) electrons. The molecular formula is C6H4N2O3. The highest BCUT2D eigenvalue weighted by Gasteiger charge is 2.07. The predicted octanol–water partition coefficient (Wildman–Crippen LogP) is 2.19. The normalized spacial score (nSPS) is 9.09. The molecule has 1 aromatic carbocycles. The Morgan fingerprint density at radius 1 is 1.18 bits per heavy atom. The van der Waals surface area contributed by atoms with Crippen LogP contribution in [0.15, 0.2) is 28.6 Å². The molecule has 1 N–H and O–H groups in total. The fourth-order valence-corrected chi connectivity index (χ4v) is 0.687. The minimum Gasteiger partial charge on any atom is -0.505 e. The number of phenols is 1. The smallest absolute Gasteiger partial charge is 0.178 e. The summed E-state index contributed by atoms with van der Waals surface area (Å²) in [5.74, 6) is -0.336. The van der Waals surface area contributed by atoms with Gasteiger partial charge in [-0.3, -0.25) is 0 Å². The largest absolute Gasteiger partial charge is 0.505 e. The molecule has 0 saturated carbocycles. The Hall–Kier alpha value is -1.78. The Bertz CT molecular complexity index is 298. The van der Waals surface area contributed by atoms with Gasteiger partial charge in [-0.25, -0.2) is 0 Å². The van der Waals surface area contributed by atoms with E-state index in [4.69, 9.17) is 5.11 Å². The van der Waals surface area contributed by atoms with Crippen molar-refractivity contribution in [3.8, 4) is 5.75 Å². The van der Waals surface area contributed by atoms with Crippen LogP contribution in [0.25, 0.3) is 0 Å². The number of hydrogen-bond donors (Lipinski definition) is 1. The van der Waals surface area contributed by atoms with Crippen molar-refractivity contribution in [2.75, 3.05) is 0 Å². The summed E-state index contributed by atoms with van der Waals surface area (Å²) in [5.41, 5.74) is -0.470. The molecule has 11 heavy (non-hydrogen) atoms. The summed E-state index contributed by atoms with van der Waals surface area (Å²) in [6, 6.07) is 3.95. The average Bonchev–Trinajstić information content (AvgIpc) is 2.04. The van der Waals surface area contributed by atoms with Gasteiger partial charge in [-0.05, 0) is 22.5 Å². The number of aromatic hydroxyl groups is 1. The fourth-order valence-electron chi connectivity index (χ4n) is 0.687. The average molecular weight is 152 g/mol. The number of rotatable bonds is 2. The molecule has 1 aromatic rings. The van der Waals surface area contributed by atoms with E-state index in [1.54, 1.807) is 0 Å². The molecule has 0 bridgehead atoms. The van der Waals surface area contributed by atoms with E-state index in [0.717, 1.165) is 0 Å². The van der Waals surface area contributed by atoms with Crippen LogP contribution in [0.4, 0.5) is 11.4 Å². The van der Waals surface area contributed by atoms with Gasteiger partial charge in [-0.2, -0.15) is 0 Å². The van der Waals surface area contributed by atoms with E-state index in [1.165, 1.54) is 18.2 Å². The number of benzene rings is 1. The highest BCUT2D eigenvalue weighted by molar-refractivity contribution is 5.68. The van der Waals surface area contributed by atoms with E-state index in [1.807, 2.05) is 0 Å². The Morgan fingerprint density at radius 2 is 1.91 bits per heavy atom. The molecule has 1 rings (SSSR count). The van der Waals surface area contributed by atoms with Crippen LogP contribution in [-0.4, -0.2) is 5.11 Å². The van der Waals surface area contributed by atoms with E-state index in [9.17, 15) is 9.81 Å². The summed E-state index contributed by atoms with van der Waals surface area (Å²) >= 11 is 0. The Labute approximate surface area is 61.6 Å². The minimum absolute atomic E-state index is 0.153. The lowest BCUT2D eigenvalue weighted by Crippen LogP contribution is -1.67. The number of phenolic OH excluding ortho intramolecular Hbond substituents is 1. The minimum atomic E-state index is -0.336. The first-order valence-electron chi connectivity index (χ1n) is 2.78. The number of nitroso groups, excluding NO2 is 2. The highest BCUT2D eigenvalue weighted by atomic mass is 16.3. The summed E-state index contributed by atoms with van der Waals surface area (Å²) < 4.78 is 0. The van der Waals surface area contributed by atoms with Crippen LogP contribution in [-0.2, 0) is 0 Å². The zero-order valence-electron chi connectivity index (χ0n) is 5.39. The van der Waals surface area contributed by atoms with Crippen molar-refractivity contribution in [2.24, 2.45) is 10.4 Å². The Morgan fingerprint density at radius 3 is 2.36 bits per heavy atom. The van der Waals surface area contributed by atoms with Gasteiger partial charge >= 0.3 is 0 Å². The Balaban J connectivity index is 3.35. The van der Waals surface area contributed by atoms with Gasteiger partial charge in [0.1, 0.15) is 11.4 Å². The second-order valence-electron chi connectivity index (χ2n) is 1.83. The van der Waals surface area contributed by atoms with Crippen molar-refractivity contribution < 1.29 is 5.11 Å². The molecule has 0 aliphatic carbocycles. The highest BCUT2D eigenvalue weighted by Crippen LogP contribution is 2.35. The summed E-state index contributed by atoms with van der Waals surface area (Å²) in [7, 11) is 0. The van der Waals surface area contributed by atoms with Gasteiger partial charge in [0.2, 0.25) is 0 Å². The fraction of sp³-hybridized carbons (Fsp3) is 0. The van der Waals surface area contributed by atoms with E-state index >= 15 is 0 Å². The molecule has 0 aliphatic heterocycles. The third-order valence-electron chi connectivity index (χ3n) is 1.18. The first-order chi connectivity index (χ1) is 5.29. The van der Waals surface area contributed by atoms with Gasteiger partial charge in [0.25, 0.3) is 0 Å². The molecule has 56 valence electrons. The maximum absolute atomic E-state index is 10.00. The van der Waals surface area contributed by atoms with Crippen molar-refractivity contribution in [3.63, 3.8) is 0 Å². The maximum Gasteiger partial charge on any atom is 0.178 e. The standard InChI is InChI=1S/C6H4N2O3/c9-5-3-1-2-4(7-10)6(5)8-11/h1-3,9H. The van der Waals surface area contributed by atoms with Crippen LogP contribution in [0.3, 0.4) is 0 Å². The molecule has 0 saturated heterocycles. The monoisotopic (exact) mass is 152 g/mol. The van der Waals surface area contributed by atoms with Crippen molar-refractivity contribution in [1.29, 1.82) is 0 Å². The topological polar surface area (TPSA) is 79.1 Å². The van der Waals surface area contributed by atoms with Gasteiger partial charge < -0.3 is 5.11 Å². The van der Waals surface area contributed by atoms with E-state index in [2.05, 4.69) is 10.4 Å². The Kier molecular flexibility index (Phi) is 1.91. The van der Waals surface area contributed by atoms with Crippen LogP contribution >= 0.6 is 0 Å². The number of nitrogens with zero attached hydrogens (tertiary/aromatic N) is 2. The molecular weight excluding hydrogens is 148 g/mol. The molecule has 0 atom stereocenters. The zero-order valence-corrected chi connectivity index (χ0v) is 5.39. The van der Waals surface area contributed by atoms with E-state index in [0.29, 0.717) is 0 Å².